The van der Waals surface area contributed by atoms with Crippen molar-refractivity contribution in [3.05, 3.63) is 58.4 Å². The summed E-state index contributed by atoms with van der Waals surface area (Å²) in [6, 6.07) is 13.2. The molecule has 1 saturated heterocycles. The number of hydrogen-bond donors (Lipinski definition) is 0. The Balaban J connectivity index is 1.35. The van der Waals surface area contributed by atoms with Crippen LogP contribution in [0.3, 0.4) is 0 Å². The molecule has 0 aliphatic carbocycles. The van der Waals surface area contributed by atoms with E-state index in [2.05, 4.69) is 10.3 Å². The maximum absolute atomic E-state index is 13.0. The molecule has 0 atom stereocenters. The Hall–Kier alpha value is -3.10. The molecule has 0 unspecified atom stereocenters. The Morgan fingerprint density at radius 2 is 1.62 bits per heavy atom. The van der Waals surface area contributed by atoms with Crippen LogP contribution in [0.1, 0.15) is 15.4 Å². The van der Waals surface area contributed by atoms with E-state index in [4.69, 9.17) is 19.2 Å². The molecule has 8 heteroatoms. The Kier molecular flexibility index (Phi) is 6.92. The molecule has 0 radical (unpaired) electrons. The van der Waals surface area contributed by atoms with Gasteiger partial charge in [-0.05, 0) is 24.3 Å². The minimum absolute atomic E-state index is 0.00332. The summed E-state index contributed by atoms with van der Waals surface area (Å²) in [6.07, 6.45) is 0. The average Bonchev–Trinajstić information content (AvgIpc) is 3.32. The molecule has 1 amide bonds. The van der Waals surface area contributed by atoms with Gasteiger partial charge in [-0.25, -0.2) is 4.98 Å². The van der Waals surface area contributed by atoms with Gasteiger partial charge in [0.2, 0.25) is 0 Å². The largest absolute Gasteiger partial charge is 0.497 e. The van der Waals surface area contributed by atoms with E-state index in [0.29, 0.717) is 30.2 Å². The van der Waals surface area contributed by atoms with Gasteiger partial charge >= 0.3 is 0 Å². The zero-order valence-electron chi connectivity index (χ0n) is 18.5. The summed E-state index contributed by atoms with van der Waals surface area (Å²) >= 11 is 1.66. The molecule has 0 N–H and O–H groups in total. The second kappa shape index (κ2) is 10.0. The normalized spacial score (nSPS) is 14.3. The van der Waals surface area contributed by atoms with Gasteiger partial charge in [-0.2, -0.15) is 0 Å². The molecule has 168 valence electrons. The quantitative estimate of drug-likeness (QED) is 0.542. The van der Waals surface area contributed by atoms with E-state index in [1.807, 2.05) is 29.2 Å². The van der Waals surface area contributed by atoms with E-state index in [9.17, 15) is 4.79 Å². The van der Waals surface area contributed by atoms with Gasteiger partial charge in [-0.15, -0.1) is 11.3 Å². The van der Waals surface area contributed by atoms with Crippen LogP contribution in [0.5, 0.6) is 17.2 Å². The van der Waals surface area contributed by atoms with E-state index in [-0.39, 0.29) is 5.91 Å². The van der Waals surface area contributed by atoms with E-state index in [0.717, 1.165) is 41.6 Å². The van der Waals surface area contributed by atoms with E-state index in [1.165, 1.54) is 0 Å². The molecule has 1 aliphatic rings. The first-order valence-electron chi connectivity index (χ1n) is 10.4. The predicted molar refractivity (Wildman–Crippen MR) is 125 cm³/mol. The summed E-state index contributed by atoms with van der Waals surface area (Å²) in [5.74, 6) is 2.05. The molecule has 1 fully saturated rings. The number of carbonyl (C=O) groups excluding carboxylic acids is 1. The highest BCUT2D eigenvalue weighted by Crippen LogP contribution is 2.27. The minimum Gasteiger partial charge on any atom is -0.497 e. The van der Waals surface area contributed by atoms with Crippen molar-refractivity contribution in [2.24, 2.45) is 0 Å². The van der Waals surface area contributed by atoms with Crippen molar-refractivity contribution in [3.8, 4) is 28.5 Å². The van der Waals surface area contributed by atoms with Gasteiger partial charge in [-0.3, -0.25) is 9.69 Å². The molecule has 4 rings (SSSR count). The van der Waals surface area contributed by atoms with Crippen LogP contribution >= 0.6 is 11.3 Å². The summed E-state index contributed by atoms with van der Waals surface area (Å²) in [4.78, 5) is 22.0. The van der Waals surface area contributed by atoms with Crippen LogP contribution in [-0.4, -0.2) is 68.2 Å². The number of hydrogen-bond acceptors (Lipinski definition) is 7. The Morgan fingerprint density at radius 1 is 0.938 bits per heavy atom. The van der Waals surface area contributed by atoms with Gasteiger partial charge in [0.1, 0.15) is 22.3 Å². The number of benzene rings is 2. The molecule has 2 aromatic carbocycles. The number of thiazole rings is 1. The van der Waals surface area contributed by atoms with Crippen LogP contribution in [-0.2, 0) is 6.54 Å². The van der Waals surface area contributed by atoms with Gasteiger partial charge in [0.05, 0.1) is 33.6 Å². The fourth-order valence-corrected chi connectivity index (χ4v) is 4.56. The average molecular weight is 454 g/mol. The molecular formula is C24H27N3O4S. The SMILES string of the molecule is COc1cc(OC)cc(C(=O)N2CCN(Cc3nc(-c4cccc(OC)c4)cs3)CC2)c1. The van der Waals surface area contributed by atoms with Crippen LogP contribution in [0.4, 0.5) is 0 Å². The van der Waals surface area contributed by atoms with E-state index in [1.54, 1.807) is 50.9 Å². The highest BCUT2D eigenvalue weighted by molar-refractivity contribution is 7.09. The maximum Gasteiger partial charge on any atom is 0.254 e. The molecule has 2 heterocycles. The molecule has 0 saturated carbocycles. The predicted octanol–water partition coefficient (Wildman–Crippen LogP) is 3.79. The molecule has 7 nitrogen and oxygen atoms in total. The number of piperazine rings is 1. The van der Waals surface area contributed by atoms with Crippen LogP contribution in [0.2, 0.25) is 0 Å². The molecule has 0 bridgehead atoms. The number of carbonyl (C=O) groups is 1. The van der Waals surface area contributed by atoms with Gasteiger partial charge < -0.3 is 19.1 Å². The standard InChI is InChI=1S/C24H27N3O4S/c1-29-19-6-4-5-17(11-19)22-16-32-23(25-22)15-26-7-9-27(10-8-26)24(28)18-12-20(30-2)14-21(13-18)31-3/h4-6,11-14,16H,7-10,15H2,1-3H3. The summed E-state index contributed by atoms with van der Waals surface area (Å²) < 4.78 is 15.9. The monoisotopic (exact) mass is 453 g/mol. The first-order chi connectivity index (χ1) is 15.6. The summed E-state index contributed by atoms with van der Waals surface area (Å²) in [5, 5.41) is 3.15. The van der Waals surface area contributed by atoms with Crippen molar-refractivity contribution in [2.75, 3.05) is 47.5 Å². The van der Waals surface area contributed by atoms with Crippen LogP contribution in [0, 0.1) is 0 Å². The summed E-state index contributed by atoms with van der Waals surface area (Å²) in [7, 11) is 4.83. The van der Waals surface area contributed by atoms with Crippen molar-refractivity contribution in [3.63, 3.8) is 0 Å². The number of nitrogens with zero attached hydrogens (tertiary/aromatic N) is 3. The zero-order valence-corrected chi connectivity index (χ0v) is 19.4. The topological polar surface area (TPSA) is 64.1 Å². The Bertz CT molecular complexity index is 1050. The lowest BCUT2D eigenvalue weighted by Crippen LogP contribution is -2.48. The van der Waals surface area contributed by atoms with Gasteiger partial charge in [0, 0.05) is 48.8 Å². The highest BCUT2D eigenvalue weighted by atomic mass is 32.1. The molecule has 0 spiro atoms. The summed E-state index contributed by atoms with van der Waals surface area (Å²) in [6.45, 7) is 3.74. The van der Waals surface area contributed by atoms with Crippen molar-refractivity contribution in [1.82, 2.24) is 14.8 Å². The van der Waals surface area contributed by atoms with E-state index < -0.39 is 0 Å². The third-order valence-electron chi connectivity index (χ3n) is 5.53. The zero-order chi connectivity index (χ0) is 22.5. The number of rotatable bonds is 7. The number of methoxy groups -OCH3 is 3. The highest BCUT2D eigenvalue weighted by Gasteiger charge is 2.23. The lowest BCUT2D eigenvalue weighted by molar-refractivity contribution is 0.0627. The number of amides is 1. The minimum atomic E-state index is -0.00332. The first-order valence-corrected chi connectivity index (χ1v) is 11.3. The Labute approximate surface area is 192 Å². The van der Waals surface area contributed by atoms with Crippen molar-refractivity contribution in [2.45, 2.75) is 6.54 Å². The van der Waals surface area contributed by atoms with Gasteiger partial charge in [0.15, 0.2) is 0 Å². The molecule has 32 heavy (non-hydrogen) atoms. The second-order valence-electron chi connectivity index (χ2n) is 7.53. The third-order valence-corrected chi connectivity index (χ3v) is 6.37. The summed E-state index contributed by atoms with van der Waals surface area (Å²) in [5.41, 5.74) is 2.60. The van der Waals surface area contributed by atoms with Crippen LogP contribution in [0.15, 0.2) is 47.8 Å². The van der Waals surface area contributed by atoms with Gasteiger partial charge in [-0.1, -0.05) is 12.1 Å². The second-order valence-corrected chi connectivity index (χ2v) is 8.47. The van der Waals surface area contributed by atoms with Crippen LogP contribution < -0.4 is 14.2 Å². The van der Waals surface area contributed by atoms with Crippen molar-refractivity contribution in [1.29, 1.82) is 0 Å². The maximum atomic E-state index is 13.0. The molecule has 1 aliphatic heterocycles. The fourth-order valence-electron chi connectivity index (χ4n) is 3.71. The smallest absolute Gasteiger partial charge is 0.254 e. The number of ether oxygens (including phenoxy) is 3. The van der Waals surface area contributed by atoms with Crippen molar-refractivity contribution < 1.29 is 19.0 Å². The van der Waals surface area contributed by atoms with Crippen LogP contribution in [0.25, 0.3) is 11.3 Å². The molecular weight excluding hydrogens is 426 g/mol. The Morgan fingerprint density at radius 3 is 2.28 bits per heavy atom. The van der Waals surface area contributed by atoms with E-state index >= 15 is 0 Å². The fraction of sp³-hybridized carbons (Fsp3) is 0.333. The van der Waals surface area contributed by atoms with Crippen molar-refractivity contribution >= 4 is 17.2 Å². The number of aromatic nitrogens is 1. The molecule has 3 aromatic rings. The third kappa shape index (κ3) is 5.03. The lowest BCUT2D eigenvalue weighted by Gasteiger charge is -2.34. The van der Waals surface area contributed by atoms with Gasteiger partial charge in [0.25, 0.3) is 5.91 Å². The molecule has 1 aromatic heterocycles. The first kappa shape index (κ1) is 22.1. The lowest BCUT2D eigenvalue weighted by atomic mass is 10.1.